The van der Waals surface area contributed by atoms with E-state index in [0.717, 1.165) is 16.7 Å². The van der Waals surface area contributed by atoms with Crippen LogP contribution in [-0.2, 0) is 29.1 Å². The number of ether oxygens (including phenoxy) is 1. The maximum absolute atomic E-state index is 11.1. The van der Waals surface area contributed by atoms with Crippen molar-refractivity contribution in [3.8, 4) is 0 Å². The first-order valence-electron chi connectivity index (χ1n) is 7.69. The Bertz CT molecular complexity index is 802. The van der Waals surface area contributed by atoms with Gasteiger partial charge in [0.2, 0.25) is 13.1 Å². The topological polar surface area (TPSA) is 96.2 Å². The first-order valence-corrected chi connectivity index (χ1v) is 7.69. The summed E-state index contributed by atoms with van der Waals surface area (Å²) in [4.78, 5) is 17.5. The number of nitrogens with zero attached hydrogens (tertiary/aromatic N) is 2. The van der Waals surface area contributed by atoms with E-state index in [-0.39, 0.29) is 12.6 Å². The minimum absolute atomic E-state index is 0.0475. The van der Waals surface area contributed by atoms with Gasteiger partial charge < -0.3 is 19.5 Å². The van der Waals surface area contributed by atoms with E-state index in [0.29, 0.717) is 18.7 Å². The zero-order chi connectivity index (χ0) is 21.8. The predicted octanol–water partition coefficient (Wildman–Crippen LogP) is 2.91. The second kappa shape index (κ2) is 18.4. The monoisotopic (exact) mass is 375 g/mol. The minimum atomic E-state index is -0.369. The van der Waals surface area contributed by atoms with Crippen molar-refractivity contribution in [2.24, 2.45) is 0 Å². The number of methoxy groups -OCH3 is 1. The first kappa shape index (κ1) is 26.8. The Morgan fingerprint density at radius 2 is 1.46 bits per heavy atom. The minimum Gasteiger partial charge on any atom is -0.465 e. The number of benzene rings is 2. The Kier molecular flexibility index (Phi) is 17.6. The molecule has 9 heteroatoms. The first-order chi connectivity index (χ1) is 13.6. The maximum atomic E-state index is 11.1. The summed E-state index contributed by atoms with van der Waals surface area (Å²) >= 11 is 0. The molecule has 2 radical (unpaired) electrons. The van der Waals surface area contributed by atoms with E-state index < -0.39 is 0 Å². The number of aliphatic hydroxyl groups excluding tert-OH is 1. The normalized spacial score (nSPS) is 7.93. The van der Waals surface area contributed by atoms with Crippen LogP contribution in [0.15, 0.2) is 48.5 Å². The second-order valence-corrected chi connectivity index (χ2v) is 4.80. The Labute approximate surface area is 167 Å². The molecule has 2 N–H and O–H groups in total. The summed E-state index contributed by atoms with van der Waals surface area (Å²) in [5.74, 6) is -0.369. The molecule has 0 saturated carbocycles. The van der Waals surface area contributed by atoms with Crippen molar-refractivity contribution in [3.05, 3.63) is 93.6 Å². The molecule has 0 amide bonds. The van der Waals surface area contributed by atoms with Crippen LogP contribution in [0.3, 0.4) is 0 Å². The number of rotatable bonds is 4. The average Bonchev–Trinajstić information content (AvgIpc) is 2.77. The fraction of sp³-hybridized carbons (Fsp3) is 0.211. The third kappa shape index (κ3) is 11.2. The Hall–Kier alpha value is -3.42. The van der Waals surface area contributed by atoms with Crippen molar-refractivity contribution >= 4 is 21.3 Å². The molecule has 2 aromatic carbocycles. The number of nitrogens with one attached hydrogen (secondary N) is 1. The number of carbonyl (C=O) groups excluding carboxylic acids is 1. The van der Waals surface area contributed by atoms with Crippen LogP contribution in [0.4, 0.5) is 0 Å². The average molecular weight is 375 g/mol. The van der Waals surface area contributed by atoms with Crippen LogP contribution in [0.1, 0.15) is 27.0 Å². The molecule has 7 nitrogen and oxygen atoms in total. The molecule has 28 heavy (non-hydrogen) atoms. The van der Waals surface area contributed by atoms with Crippen molar-refractivity contribution < 1.29 is 19.3 Å². The van der Waals surface area contributed by atoms with Gasteiger partial charge in [-0.1, -0.05) is 30.3 Å². The zero-order valence-corrected chi connectivity index (χ0v) is 15.5. The second-order valence-electron chi connectivity index (χ2n) is 4.80. The van der Waals surface area contributed by atoms with Crippen LogP contribution in [-0.4, -0.2) is 33.5 Å². The summed E-state index contributed by atoms with van der Waals surface area (Å²) < 4.78 is 12.3. The molecule has 0 unspecified atom stereocenters. The van der Waals surface area contributed by atoms with Gasteiger partial charge in [0.15, 0.2) is 0 Å². The molecule has 140 valence electrons. The van der Waals surface area contributed by atoms with E-state index in [4.69, 9.17) is 28.3 Å². The van der Waals surface area contributed by atoms with E-state index in [1.165, 1.54) is 7.11 Å². The van der Waals surface area contributed by atoms with E-state index in [1.54, 1.807) is 18.2 Å². The van der Waals surface area contributed by atoms with Gasteiger partial charge in [-0.15, -0.1) is 0 Å². The molecule has 0 aliphatic heterocycles. The van der Waals surface area contributed by atoms with Gasteiger partial charge in [0.1, 0.15) is 0 Å². The van der Waals surface area contributed by atoms with Gasteiger partial charge in [-0.2, -0.15) is 0 Å². The van der Waals surface area contributed by atoms with Gasteiger partial charge in [-0.3, -0.25) is 0 Å². The zero-order valence-electron chi connectivity index (χ0n) is 15.5. The van der Waals surface area contributed by atoms with Crippen LogP contribution < -0.4 is 0 Å². The van der Waals surface area contributed by atoms with Gasteiger partial charge in [-0.05, 0) is 23.8 Å². The van der Waals surface area contributed by atoms with E-state index in [1.807, 2.05) is 30.3 Å². The molecule has 0 aliphatic rings. The summed E-state index contributed by atoms with van der Waals surface area (Å²) in [6.07, 6.45) is 0. The molecule has 0 spiro atoms. The van der Waals surface area contributed by atoms with E-state index in [9.17, 15) is 4.79 Å². The maximum Gasteiger partial charge on any atom is 0.337 e. The van der Waals surface area contributed by atoms with Crippen LogP contribution >= 0.6 is 0 Å². The molecule has 0 aromatic heterocycles. The van der Waals surface area contributed by atoms with Gasteiger partial charge >= 0.3 is 31.3 Å². The van der Waals surface area contributed by atoms with E-state index >= 15 is 0 Å². The number of hydrogen-bond acceptors (Lipinski definition) is 5. The quantitative estimate of drug-likeness (QED) is 0.488. The molecule has 0 saturated heterocycles. The van der Waals surface area contributed by atoms with Crippen molar-refractivity contribution in [1.82, 2.24) is 0 Å². The van der Waals surface area contributed by atoms with Gasteiger partial charge in [0, 0.05) is 11.1 Å². The molecule has 0 fully saturated rings. The van der Waals surface area contributed by atoms with Gasteiger partial charge in [0.25, 0.3) is 0 Å². The van der Waals surface area contributed by atoms with Crippen LogP contribution in [0.5, 0.6) is 0 Å². The van der Waals surface area contributed by atoms with Crippen molar-refractivity contribution in [2.75, 3.05) is 7.11 Å². The standard InChI is InChI=1S/C10H9NO2.C9H9NO.BHN.BO/c1-11-7-8-4-3-5-9(6-8)10(12)13-2;1-10-6-8-3-2-4-9(5-8)7-11;2*1-2/h3-6H,7H2,2H3;2-5,11H,6-7H2;2H;. The SMILES string of the molecule is [B]=N.[B]=O.[C-]#[N+]Cc1cccc(C(=O)OC)c1.[C-]#[N+]Cc1cccc(CO)c1. The largest absolute Gasteiger partial charge is 0.465 e. The number of esters is 1. The summed E-state index contributed by atoms with van der Waals surface area (Å²) in [5.41, 5.74) is 3.15. The molecule has 0 aliphatic carbocycles. The van der Waals surface area contributed by atoms with Crippen molar-refractivity contribution in [3.63, 3.8) is 0 Å². The Balaban J connectivity index is 0. The molecular formula is C19H19B2N3O4. The van der Waals surface area contributed by atoms with Gasteiger partial charge in [-0.25, -0.2) is 17.9 Å². The third-order valence-electron chi connectivity index (χ3n) is 3.05. The predicted molar refractivity (Wildman–Crippen MR) is 106 cm³/mol. The molecule has 0 bridgehead atoms. The van der Waals surface area contributed by atoms with Crippen LogP contribution in [0.2, 0.25) is 0 Å². The number of carbonyl (C=O) groups is 1. The third-order valence-corrected chi connectivity index (χ3v) is 3.05. The van der Waals surface area contributed by atoms with E-state index in [2.05, 4.69) is 29.8 Å². The fourth-order valence-electron chi connectivity index (χ4n) is 1.92. The molecular weight excluding hydrogens is 356 g/mol. The smallest absolute Gasteiger partial charge is 0.337 e. The summed E-state index contributed by atoms with van der Waals surface area (Å²) in [7, 11) is 8.34. The number of aliphatic hydroxyl groups is 1. The Morgan fingerprint density at radius 1 is 1.00 bits per heavy atom. The fourth-order valence-corrected chi connectivity index (χ4v) is 1.92. The van der Waals surface area contributed by atoms with Gasteiger partial charge in [0.05, 0.1) is 19.3 Å². The molecule has 2 aromatic rings. The molecule has 0 heterocycles. The molecule has 0 atom stereocenters. The molecule has 2 rings (SSSR count). The summed E-state index contributed by atoms with van der Waals surface area (Å²) in [6.45, 7) is 14.0. The van der Waals surface area contributed by atoms with Crippen LogP contribution in [0, 0.1) is 18.5 Å². The summed E-state index contributed by atoms with van der Waals surface area (Å²) in [6, 6.07) is 14.3. The van der Waals surface area contributed by atoms with Crippen LogP contribution in [0.25, 0.3) is 9.69 Å². The van der Waals surface area contributed by atoms with Crippen molar-refractivity contribution in [1.29, 1.82) is 5.31 Å². The summed E-state index contributed by atoms with van der Waals surface area (Å²) in [5, 5.41) is 14.0. The Morgan fingerprint density at radius 3 is 1.93 bits per heavy atom. The van der Waals surface area contributed by atoms with Crippen molar-refractivity contribution in [2.45, 2.75) is 19.7 Å². The number of hydrogen-bond donors (Lipinski definition) is 2.